The molecule has 202 valence electrons. The van der Waals surface area contributed by atoms with Crippen LogP contribution in [0.3, 0.4) is 0 Å². The highest BCUT2D eigenvalue weighted by molar-refractivity contribution is 6.31. The fourth-order valence-corrected chi connectivity index (χ4v) is 5.20. The summed E-state index contributed by atoms with van der Waals surface area (Å²) in [5, 5.41) is 3.32. The minimum atomic E-state index is -4.52. The van der Waals surface area contributed by atoms with E-state index >= 15 is 0 Å². The zero-order chi connectivity index (χ0) is 27.2. The van der Waals surface area contributed by atoms with E-state index in [4.69, 9.17) is 16.3 Å². The van der Waals surface area contributed by atoms with E-state index < -0.39 is 40.9 Å². The van der Waals surface area contributed by atoms with E-state index in [1.165, 1.54) is 0 Å². The number of amides is 1. The number of benzene rings is 1. The largest absolute Gasteiger partial charge is 0.460 e. The molecular formula is C29H35ClF3NO3. The van der Waals surface area contributed by atoms with Crippen LogP contribution in [0.15, 0.2) is 41.5 Å². The number of allylic oxidation sites excluding steroid dienone is 4. The highest BCUT2D eigenvalue weighted by atomic mass is 35.5. The Balaban J connectivity index is 1.58. The molecule has 2 fully saturated rings. The van der Waals surface area contributed by atoms with Gasteiger partial charge in [-0.1, -0.05) is 42.8 Å². The minimum absolute atomic E-state index is 0.230. The van der Waals surface area contributed by atoms with Crippen molar-refractivity contribution in [2.24, 2.45) is 23.2 Å². The first-order valence-corrected chi connectivity index (χ1v) is 13.3. The molecule has 3 aliphatic rings. The number of rotatable bonds is 8. The maximum absolute atomic E-state index is 13.8. The van der Waals surface area contributed by atoms with Crippen molar-refractivity contribution in [3.8, 4) is 0 Å². The fraction of sp³-hybridized carbons (Fsp3) is 0.586. The first-order valence-electron chi connectivity index (χ1n) is 13.0. The fourth-order valence-electron chi connectivity index (χ4n) is 5.04. The molecule has 0 spiro atoms. The van der Waals surface area contributed by atoms with E-state index in [1.807, 2.05) is 39.0 Å². The van der Waals surface area contributed by atoms with Crippen molar-refractivity contribution in [2.45, 2.75) is 83.9 Å². The second kappa shape index (κ2) is 10.1. The standard InChI is InChI=1S/C29H35ClF3NO3/c1-17(29(31,32)33)24(20-8-10-21(30)11-9-20)25(35)34-23-15-18(5-12-22(23)19-6-7-19)16-28(13-14-28)26(36)37-27(2,3)4/h5,8,10-12,15,17,19-20,24H,6-7,9,13-14,16H2,1-4H3,(H,34,35)/t17-,20?,24+/m1/s1. The number of anilines is 1. The number of ether oxygens (including phenoxy) is 1. The summed E-state index contributed by atoms with van der Waals surface area (Å²) in [6.45, 7) is 6.57. The third-order valence-corrected chi connectivity index (χ3v) is 7.81. The van der Waals surface area contributed by atoms with E-state index in [0.29, 0.717) is 17.1 Å². The lowest BCUT2D eigenvalue weighted by molar-refractivity contribution is -0.188. The summed E-state index contributed by atoms with van der Waals surface area (Å²) in [6.07, 6.45) is 4.42. The van der Waals surface area contributed by atoms with E-state index in [2.05, 4.69) is 5.32 Å². The SMILES string of the molecule is C[C@H]([C@H](C(=O)Nc1cc(CC2(C(=O)OC(C)(C)C)CC2)ccc1C1CC1)C1C=CC(Cl)=CC1)C(F)(F)F. The van der Waals surface area contributed by atoms with Gasteiger partial charge in [0.15, 0.2) is 0 Å². The smallest absolute Gasteiger partial charge is 0.392 e. The summed E-state index contributed by atoms with van der Waals surface area (Å²) in [5.41, 5.74) is 1.16. The van der Waals surface area contributed by atoms with Crippen LogP contribution >= 0.6 is 11.6 Å². The van der Waals surface area contributed by atoms with Gasteiger partial charge in [-0.15, -0.1) is 0 Å². The van der Waals surface area contributed by atoms with Crippen LogP contribution < -0.4 is 5.32 Å². The van der Waals surface area contributed by atoms with E-state index in [1.54, 1.807) is 18.2 Å². The van der Waals surface area contributed by atoms with Crippen molar-refractivity contribution in [3.63, 3.8) is 0 Å². The average Bonchev–Trinajstić information content (AvgIpc) is 3.69. The molecular weight excluding hydrogens is 503 g/mol. The Morgan fingerprint density at radius 2 is 1.86 bits per heavy atom. The molecule has 1 unspecified atom stereocenters. The van der Waals surface area contributed by atoms with Crippen LogP contribution in [-0.4, -0.2) is 23.7 Å². The van der Waals surface area contributed by atoms with Gasteiger partial charge in [0.1, 0.15) is 5.60 Å². The molecule has 0 radical (unpaired) electrons. The molecule has 3 aliphatic carbocycles. The van der Waals surface area contributed by atoms with Gasteiger partial charge in [-0.3, -0.25) is 9.59 Å². The lowest BCUT2D eigenvalue weighted by Gasteiger charge is -2.31. The molecule has 0 bridgehead atoms. The van der Waals surface area contributed by atoms with Crippen molar-refractivity contribution < 1.29 is 27.5 Å². The molecule has 1 N–H and O–H groups in total. The van der Waals surface area contributed by atoms with E-state index in [9.17, 15) is 22.8 Å². The Bertz CT molecular complexity index is 1110. The van der Waals surface area contributed by atoms with Crippen LogP contribution in [0.4, 0.5) is 18.9 Å². The molecule has 1 aromatic carbocycles. The first kappa shape index (κ1) is 27.7. The molecule has 0 saturated heterocycles. The quantitative estimate of drug-likeness (QED) is 0.346. The Morgan fingerprint density at radius 1 is 1.19 bits per heavy atom. The van der Waals surface area contributed by atoms with Gasteiger partial charge < -0.3 is 10.1 Å². The predicted molar refractivity (Wildman–Crippen MR) is 138 cm³/mol. The van der Waals surface area contributed by atoms with Gasteiger partial charge in [0.05, 0.1) is 17.3 Å². The number of esters is 1. The highest BCUT2D eigenvalue weighted by Gasteiger charge is 2.52. The van der Waals surface area contributed by atoms with Crippen molar-refractivity contribution in [1.82, 2.24) is 0 Å². The summed E-state index contributed by atoms with van der Waals surface area (Å²) in [5.74, 6) is -4.36. The second-order valence-electron chi connectivity index (χ2n) is 11.8. The summed E-state index contributed by atoms with van der Waals surface area (Å²) in [6, 6.07) is 5.73. The Kier molecular flexibility index (Phi) is 7.59. The summed E-state index contributed by atoms with van der Waals surface area (Å²) >= 11 is 5.98. The van der Waals surface area contributed by atoms with Crippen LogP contribution in [0.1, 0.15) is 76.8 Å². The van der Waals surface area contributed by atoms with Gasteiger partial charge in [-0.25, -0.2) is 0 Å². The van der Waals surface area contributed by atoms with E-state index in [0.717, 1.165) is 43.7 Å². The normalized spacial score (nSPS) is 22.6. The van der Waals surface area contributed by atoms with Gasteiger partial charge in [-0.05, 0) is 94.4 Å². The molecule has 0 aliphatic heterocycles. The summed E-state index contributed by atoms with van der Waals surface area (Å²) in [4.78, 5) is 26.3. The molecule has 1 aromatic rings. The Morgan fingerprint density at radius 3 is 2.38 bits per heavy atom. The monoisotopic (exact) mass is 537 g/mol. The molecule has 8 heteroatoms. The van der Waals surface area contributed by atoms with Gasteiger partial charge in [0.2, 0.25) is 5.91 Å². The number of carbonyl (C=O) groups excluding carboxylic acids is 2. The lowest BCUT2D eigenvalue weighted by atomic mass is 9.78. The van der Waals surface area contributed by atoms with Gasteiger partial charge >= 0.3 is 12.1 Å². The predicted octanol–water partition coefficient (Wildman–Crippen LogP) is 7.68. The third-order valence-electron chi connectivity index (χ3n) is 7.53. The van der Waals surface area contributed by atoms with Gasteiger partial charge in [0.25, 0.3) is 0 Å². The molecule has 4 nitrogen and oxygen atoms in total. The van der Waals surface area contributed by atoms with Crippen molar-refractivity contribution in [2.75, 3.05) is 5.32 Å². The number of halogens is 4. The minimum Gasteiger partial charge on any atom is -0.460 e. The summed E-state index contributed by atoms with van der Waals surface area (Å²) < 4.78 is 47.1. The molecule has 1 amide bonds. The molecule has 37 heavy (non-hydrogen) atoms. The number of alkyl halides is 3. The molecule has 0 heterocycles. The number of hydrogen-bond acceptors (Lipinski definition) is 3. The Labute approximate surface area is 221 Å². The average molecular weight is 538 g/mol. The lowest BCUT2D eigenvalue weighted by Crippen LogP contribution is -2.40. The zero-order valence-electron chi connectivity index (χ0n) is 21.8. The van der Waals surface area contributed by atoms with Gasteiger partial charge in [-0.2, -0.15) is 13.2 Å². The molecule has 4 rings (SSSR count). The highest BCUT2D eigenvalue weighted by Crippen LogP contribution is 2.51. The topological polar surface area (TPSA) is 55.4 Å². The third kappa shape index (κ3) is 6.78. The molecule has 3 atom stereocenters. The van der Waals surface area contributed by atoms with Crippen molar-refractivity contribution >= 4 is 29.2 Å². The second-order valence-corrected chi connectivity index (χ2v) is 12.3. The van der Waals surface area contributed by atoms with Crippen molar-refractivity contribution in [3.05, 3.63) is 52.6 Å². The van der Waals surface area contributed by atoms with Crippen LogP contribution in [0, 0.1) is 23.2 Å². The number of carbonyl (C=O) groups is 2. The number of hydrogen-bond donors (Lipinski definition) is 1. The first-order chi connectivity index (χ1) is 17.2. The van der Waals surface area contributed by atoms with Crippen LogP contribution in [0.25, 0.3) is 0 Å². The number of nitrogens with one attached hydrogen (secondary N) is 1. The van der Waals surface area contributed by atoms with Crippen LogP contribution in [-0.2, 0) is 20.7 Å². The maximum atomic E-state index is 13.8. The van der Waals surface area contributed by atoms with Crippen LogP contribution in [0.5, 0.6) is 0 Å². The summed E-state index contributed by atoms with van der Waals surface area (Å²) in [7, 11) is 0. The molecule has 0 aromatic heterocycles. The van der Waals surface area contributed by atoms with Crippen molar-refractivity contribution in [1.29, 1.82) is 0 Å². The Hall–Kier alpha value is -2.28. The zero-order valence-corrected chi connectivity index (χ0v) is 22.5. The maximum Gasteiger partial charge on any atom is 0.392 e. The van der Waals surface area contributed by atoms with Gasteiger partial charge in [0, 0.05) is 10.7 Å². The van der Waals surface area contributed by atoms with Crippen LogP contribution in [0.2, 0.25) is 0 Å². The van der Waals surface area contributed by atoms with E-state index in [-0.39, 0.29) is 18.3 Å². The molecule has 2 saturated carbocycles.